The summed E-state index contributed by atoms with van der Waals surface area (Å²) < 4.78 is 10.8. The van der Waals surface area contributed by atoms with E-state index >= 15 is 0 Å². The van der Waals surface area contributed by atoms with E-state index in [1.807, 2.05) is 12.1 Å². The molecule has 6 heteroatoms. The number of fused-ring (bicyclic) bond motifs is 2. The van der Waals surface area contributed by atoms with Gasteiger partial charge in [0.2, 0.25) is 18.6 Å². The lowest BCUT2D eigenvalue weighted by molar-refractivity contribution is -0.126. The molecule has 1 aromatic carbocycles. The number of hydrogen-bond donors (Lipinski definition) is 2. The zero-order chi connectivity index (χ0) is 14.4. The molecule has 0 radical (unpaired) electrons. The summed E-state index contributed by atoms with van der Waals surface area (Å²) in [6.07, 6.45) is 2.60. The van der Waals surface area contributed by atoms with E-state index in [1.54, 1.807) is 0 Å². The Balaban J connectivity index is 1.43. The molecule has 6 nitrogen and oxygen atoms in total. The van der Waals surface area contributed by atoms with Gasteiger partial charge in [0, 0.05) is 12.5 Å². The predicted molar refractivity (Wildman–Crippen MR) is 73.1 cm³/mol. The molecule has 2 heterocycles. The molecule has 0 bridgehead atoms. The van der Waals surface area contributed by atoms with Crippen LogP contribution in [0.2, 0.25) is 0 Å². The average Bonchev–Trinajstić information content (AvgIpc) is 3.14. The van der Waals surface area contributed by atoms with E-state index in [4.69, 9.17) is 9.47 Å². The first kappa shape index (κ1) is 12.5. The third-order valence-corrected chi connectivity index (χ3v) is 4.29. The fourth-order valence-corrected chi connectivity index (χ4v) is 3.22. The fraction of sp³-hybridized carbons (Fsp3) is 0.467. The lowest BCUT2D eigenvalue weighted by atomic mass is 10.1. The molecule has 1 aliphatic carbocycles. The summed E-state index contributed by atoms with van der Waals surface area (Å²) in [5.41, 5.74) is 2.39. The van der Waals surface area contributed by atoms with Gasteiger partial charge in [-0.25, -0.2) is 0 Å². The van der Waals surface area contributed by atoms with Crippen LogP contribution in [-0.4, -0.2) is 30.7 Å². The normalized spacial score (nSPS) is 23.0. The zero-order valence-corrected chi connectivity index (χ0v) is 11.5. The Kier molecular flexibility index (Phi) is 2.77. The summed E-state index contributed by atoms with van der Waals surface area (Å²) in [5.74, 6) is 1.43. The minimum atomic E-state index is -0.377. The van der Waals surface area contributed by atoms with Crippen molar-refractivity contribution in [2.45, 2.75) is 37.8 Å². The van der Waals surface area contributed by atoms with Crippen LogP contribution in [0.15, 0.2) is 12.1 Å². The third-order valence-electron chi connectivity index (χ3n) is 4.29. The van der Waals surface area contributed by atoms with Crippen molar-refractivity contribution in [1.29, 1.82) is 0 Å². The molecule has 4 rings (SSSR count). The van der Waals surface area contributed by atoms with Gasteiger partial charge in [-0.2, -0.15) is 0 Å². The predicted octanol–water partition coefficient (Wildman–Crippen LogP) is 0.277. The smallest absolute Gasteiger partial charge is 0.242 e. The number of benzene rings is 1. The second-order valence-corrected chi connectivity index (χ2v) is 5.75. The Hall–Kier alpha value is -2.24. The maximum atomic E-state index is 12.1. The summed E-state index contributed by atoms with van der Waals surface area (Å²) in [5, 5.41) is 5.72. The van der Waals surface area contributed by atoms with E-state index in [0.29, 0.717) is 12.8 Å². The molecule has 1 atom stereocenters. The van der Waals surface area contributed by atoms with E-state index in [-0.39, 0.29) is 30.7 Å². The number of hydrogen-bond acceptors (Lipinski definition) is 4. The molecule has 2 amide bonds. The third kappa shape index (κ3) is 2.20. The molecule has 2 N–H and O–H groups in total. The van der Waals surface area contributed by atoms with E-state index in [0.717, 1.165) is 24.3 Å². The molecule has 1 saturated heterocycles. The topological polar surface area (TPSA) is 76.7 Å². The van der Waals surface area contributed by atoms with E-state index < -0.39 is 0 Å². The van der Waals surface area contributed by atoms with Crippen LogP contribution < -0.4 is 20.1 Å². The lowest BCUT2D eigenvalue weighted by Crippen LogP contribution is -2.46. The second kappa shape index (κ2) is 4.65. The van der Waals surface area contributed by atoms with Gasteiger partial charge >= 0.3 is 0 Å². The zero-order valence-electron chi connectivity index (χ0n) is 11.5. The molecule has 0 spiro atoms. The SMILES string of the molecule is O=C1CCC(C(=O)NC2Cc3cc4c(cc3C2)OCO4)N1. The van der Waals surface area contributed by atoms with Crippen molar-refractivity contribution in [3.05, 3.63) is 23.3 Å². The van der Waals surface area contributed by atoms with Gasteiger partial charge in [-0.15, -0.1) is 0 Å². The summed E-state index contributed by atoms with van der Waals surface area (Å²) in [4.78, 5) is 23.3. The van der Waals surface area contributed by atoms with Crippen molar-refractivity contribution in [2.75, 3.05) is 6.79 Å². The van der Waals surface area contributed by atoms with Gasteiger partial charge in [-0.3, -0.25) is 9.59 Å². The highest BCUT2D eigenvalue weighted by molar-refractivity contribution is 5.91. The van der Waals surface area contributed by atoms with Gasteiger partial charge in [0.25, 0.3) is 0 Å². The number of amides is 2. The average molecular weight is 288 g/mol. The van der Waals surface area contributed by atoms with Crippen LogP contribution >= 0.6 is 0 Å². The van der Waals surface area contributed by atoms with Gasteiger partial charge in [0.1, 0.15) is 6.04 Å². The van der Waals surface area contributed by atoms with Crippen LogP contribution in [0.3, 0.4) is 0 Å². The number of ether oxygens (including phenoxy) is 2. The van der Waals surface area contributed by atoms with Crippen molar-refractivity contribution in [3.8, 4) is 11.5 Å². The largest absolute Gasteiger partial charge is 0.454 e. The summed E-state index contributed by atoms with van der Waals surface area (Å²) in [6.45, 7) is 0.278. The monoisotopic (exact) mass is 288 g/mol. The molecule has 1 fully saturated rings. The quantitative estimate of drug-likeness (QED) is 0.819. The summed E-state index contributed by atoms with van der Waals surface area (Å²) >= 11 is 0. The molecule has 3 aliphatic rings. The van der Waals surface area contributed by atoms with Crippen LogP contribution in [0.4, 0.5) is 0 Å². The van der Waals surface area contributed by atoms with Gasteiger partial charge in [-0.1, -0.05) is 0 Å². The molecule has 1 aromatic rings. The minimum absolute atomic E-state index is 0.0458. The standard InChI is InChI=1S/C15H16N2O4/c18-14-2-1-11(17-14)15(19)16-10-3-8-5-12-13(21-7-20-12)6-9(8)4-10/h5-6,10-11H,1-4,7H2,(H,16,19)(H,17,18). The summed E-state index contributed by atoms with van der Waals surface area (Å²) in [7, 11) is 0. The van der Waals surface area contributed by atoms with Crippen LogP contribution in [-0.2, 0) is 22.4 Å². The van der Waals surface area contributed by atoms with E-state index in [9.17, 15) is 9.59 Å². The lowest BCUT2D eigenvalue weighted by Gasteiger charge is -2.15. The van der Waals surface area contributed by atoms with Crippen molar-refractivity contribution in [2.24, 2.45) is 0 Å². The van der Waals surface area contributed by atoms with Crippen LogP contribution in [0.1, 0.15) is 24.0 Å². The number of carbonyl (C=O) groups is 2. The summed E-state index contributed by atoms with van der Waals surface area (Å²) in [6, 6.07) is 3.70. The van der Waals surface area contributed by atoms with Gasteiger partial charge in [0.15, 0.2) is 11.5 Å². The number of rotatable bonds is 2. The minimum Gasteiger partial charge on any atom is -0.454 e. The molecular formula is C15H16N2O4. The van der Waals surface area contributed by atoms with Gasteiger partial charge in [0.05, 0.1) is 0 Å². The molecule has 21 heavy (non-hydrogen) atoms. The molecule has 0 saturated carbocycles. The van der Waals surface area contributed by atoms with Crippen LogP contribution in [0.5, 0.6) is 11.5 Å². The van der Waals surface area contributed by atoms with Crippen molar-refractivity contribution in [1.82, 2.24) is 10.6 Å². The molecule has 1 unspecified atom stereocenters. The Morgan fingerprint density at radius 3 is 2.43 bits per heavy atom. The first-order valence-electron chi connectivity index (χ1n) is 7.20. The molecule has 0 aromatic heterocycles. The highest BCUT2D eigenvalue weighted by Crippen LogP contribution is 2.38. The van der Waals surface area contributed by atoms with E-state index in [2.05, 4.69) is 10.6 Å². The van der Waals surface area contributed by atoms with Crippen molar-refractivity contribution >= 4 is 11.8 Å². The Morgan fingerprint density at radius 2 is 1.86 bits per heavy atom. The maximum Gasteiger partial charge on any atom is 0.242 e. The Bertz CT molecular complexity index is 595. The molecule has 110 valence electrons. The maximum absolute atomic E-state index is 12.1. The first-order valence-corrected chi connectivity index (χ1v) is 7.20. The highest BCUT2D eigenvalue weighted by Gasteiger charge is 2.31. The fourth-order valence-electron chi connectivity index (χ4n) is 3.22. The molecule has 2 aliphatic heterocycles. The Labute approximate surface area is 121 Å². The number of nitrogens with one attached hydrogen (secondary N) is 2. The van der Waals surface area contributed by atoms with E-state index in [1.165, 1.54) is 11.1 Å². The van der Waals surface area contributed by atoms with Crippen LogP contribution in [0, 0.1) is 0 Å². The van der Waals surface area contributed by atoms with Crippen LogP contribution in [0.25, 0.3) is 0 Å². The Morgan fingerprint density at radius 1 is 1.19 bits per heavy atom. The van der Waals surface area contributed by atoms with Gasteiger partial charge < -0.3 is 20.1 Å². The van der Waals surface area contributed by atoms with Gasteiger partial charge in [-0.05, 0) is 42.5 Å². The second-order valence-electron chi connectivity index (χ2n) is 5.75. The van der Waals surface area contributed by atoms with Crippen molar-refractivity contribution in [3.63, 3.8) is 0 Å². The van der Waals surface area contributed by atoms with Crippen molar-refractivity contribution < 1.29 is 19.1 Å². The molecular weight excluding hydrogens is 272 g/mol. The number of carbonyl (C=O) groups excluding carboxylic acids is 2. The highest BCUT2D eigenvalue weighted by atomic mass is 16.7. The first-order chi connectivity index (χ1) is 10.2.